The van der Waals surface area contributed by atoms with Crippen molar-refractivity contribution in [3.05, 3.63) is 29.8 Å². The second-order valence-electron chi connectivity index (χ2n) is 5.80. The molecule has 0 aromatic heterocycles. The van der Waals surface area contributed by atoms with Crippen LogP contribution in [0.25, 0.3) is 0 Å². The Bertz CT molecular complexity index is 530. The van der Waals surface area contributed by atoms with Crippen molar-refractivity contribution >= 4 is 17.6 Å². The van der Waals surface area contributed by atoms with E-state index in [2.05, 4.69) is 12.2 Å². The Morgan fingerprint density at radius 1 is 1.36 bits per heavy atom. The number of carbonyl (C=O) groups excluding carboxylic acids is 2. The zero-order valence-electron chi connectivity index (χ0n) is 13.3. The van der Waals surface area contributed by atoms with Crippen LogP contribution in [0.5, 0.6) is 0 Å². The molecular weight excluding hydrogens is 280 g/mol. The van der Waals surface area contributed by atoms with Gasteiger partial charge in [0.05, 0.1) is 12.7 Å². The molecule has 0 aliphatic carbocycles. The van der Waals surface area contributed by atoms with Crippen molar-refractivity contribution in [2.45, 2.75) is 26.2 Å². The van der Waals surface area contributed by atoms with Crippen LogP contribution >= 0.6 is 0 Å². The fourth-order valence-electron chi connectivity index (χ4n) is 2.80. The predicted octanol–water partition coefficient (Wildman–Crippen LogP) is 2.53. The van der Waals surface area contributed by atoms with Crippen LogP contribution in [0.2, 0.25) is 0 Å². The fraction of sp³-hybridized carbons (Fsp3) is 0.529. The Balaban J connectivity index is 1.86. The van der Waals surface area contributed by atoms with E-state index < -0.39 is 0 Å². The lowest BCUT2D eigenvalue weighted by Crippen LogP contribution is -2.39. The third-order valence-corrected chi connectivity index (χ3v) is 4.00. The van der Waals surface area contributed by atoms with E-state index in [0.717, 1.165) is 19.5 Å². The van der Waals surface area contributed by atoms with Gasteiger partial charge in [-0.1, -0.05) is 19.1 Å². The van der Waals surface area contributed by atoms with Crippen molar-refractivity contribution in [2.24, 2.45) is 5.92 Å². The van der Waals surface area contributed by atoms with E-state index in [1.54, 1.807) is 12.1 Å². The fourth-order valence-corrected chi connectivity index (χ4v) is 2.80. The van der Waals surface area contributed by atoms with Gasteiger partial charge >= 0.3 is 5.97 Å². The second-order valence-corrected chi connectivity index (χ2v) is 5.80. The molecule has 1 saturated heterocycles. The number of para-hydroxylation sites is 1. The van der Waals surface area contributed by atoms with E-state index >= 15 is 0 Å². The highest BCUT2D eigenvalue weighted by atomic mass is 16.5. The van der Waals surface area contributed by atoms with Crippen LogP contribution < -0.4 is 5.32 Å². The quantitative estimate of drug-likeness (QED) is 0.849. The Kier molecular flexibility index (Phi) is 5.81. The third kappa shape index (κ3) is 4.23. The lowest BCUT2D eigenvalue weighted by molar-refractivity contribution is -0.132. The Labute approximate surface area is 131 Å². The van der Waals surface area contributed by atoms with E-state index in [1.807, 2.05) is 17.0 Å². The van der Waals surface area contributed by atoms with Gasteiger partial charge in [-0.25, -0.2) is 4.79 Å². The Morgan fingerprint density at radius 3 is 2.86 bits per heavy atom. The van der Waals surface area contributed by atoms with E-state index in [9.17, 15) is 9.59 Å². The minimum Gasteiger partial charge on any atom is -0.465 e. The highest BCUT2D eigenvalue weighted by molar-refractivity contribution is 5.95. The molecule has 120 valence electrons. The van der Waals surface area contributed by atoms with Gasteiger partial charge in [0.15, 0.2) is 0 Å². The number of ether oxygens (including phenoxy) is 1. The average molecular weight is 304 g/mol. The Morgan fingerprint density at radius 2 is 2.14 bits per heavy atom. The van der Waals surface area contributed by atoms with Crippen LogP contribution in [0.4, 0.5) is 5.69 Å². The zero-order valence-corrected chi connectivity index (χ0v) is 13.3. The van der Waals surface area contributed by atoms with Gasteiger partial charge in [-0.3, -0.25) is 4.79 Å². The summed E-state index contributed by atoms with van der Waals surface area (Å²) in [6, 6.07) is 7.17. The number of hydrogen-bond donors (Lipinski definition) is 1. The van der Waals surface area contributed by atoms with Crippen molar-refractivity contribution in [3.63, 3.8) is 0 Å². The molecule has 1 aromatic carbocycles. The highest BCUT2D eigenvalue weighted by Crippen LogP contribution is 2.18. The molecule has 22 heavy (non-hydrogen) atoms. The molecule has 1 unspecified atom stereocenters. The summed E-state index contributed by atoms with van der Waals surface area (Å²) in [5, 5.41) is 3.16. The summed E-state index contributed by atoms with van der Waals surface area (Å²) in [7, 11) is 1.36. The first-order chi connectivity index (χ1) is 10.6. The first-order valence-corrected chi connectivity index (χ1v) is 7.80. The highest BCUT2D eigenvalue weighted by Gasteiger charge is 2.20. The van der Waals surface area contributed by atoms with Crippen LogP contribution in [-0.2, 0) is 9.53 Å². The van der Waals surface area contributed by atoms with Crippen molar-refractivity contribution in [2.75, 3.05) is 32.1 Å². The number of amides is 1. The molecule has 2 rings (SSSR count). The number of rotatable bonds is 5. The number of piperidine rings is 1. The molecule has 0 radical (unpaired) electrons. The van der Waals surface area contributed by atoms with Gasteiger partial charge in [0, 0.05) is 31.7 Å². The summed E-state index contributed by atoms with van der Waals surface area (Å²) < 4.78 is 4.76. The number of hydrogen-bond acceptors (Lipinski definition) is 4. The number of nitrogens with one attached hydrogen (secondary N) is 1. The largest absolute Gasteiger partial charge is 0.465 e. The van der Waals surface area contributed by atoms with Gasteiger partial charge in [0.25, 0.3) is 0 Å². The summed E-state index contributed by atoms with van der Waals surface area (Å²) in [6.07, 6.45) is 2.72. The molecule has 5 heteroatoms. The third-order valence-electron chi connectivity index (χ3n) is 4.00. The summed E-state index contributed by atoms with van der Waals surface area (Å²) in [5.74, 6) is 0.389. The molecule has 0 bridgehead atoms. The number of likely N-dealkylation sites (tertiary alicyclic amines) is 1. The smallest absolute Gasteiger partial charge is 0.339 e. The van der Waals surface area contributed by atoms with E-state index in [-0.39, 0.29) is 11.9 Å². The second kappa shape index (κ2) is 7.82. The molecule has 1 aliphatic heterocycles. The maximum atomic E-state index is 12.2. The zero-order chi connectivity index (χ0) is 15.9. The van der Waals surface area contributed by atoms with Crippen LogP contribution in [0.3, 0.4) is 0 Å². The molecule has 1 aliphatic rings. The molecule has 1 N–H and O–H groups in total. The van der Waals surface area contributed by atoms with Crippen molar-refractivity contribution in [3.8, 4) is 0 Å². The van der Waals surface area contributed by atoms with Crippen molar-refractivity contribution in [1.82, 2.24) is 4.90 Å². The molecule has 0 saturated carbocycles. The number of carbonyl (C=O) groups is 2. The molecule has 1 fully saturated rings. The average Bonchev–Trinajstić information content (AvgIpc) is 2.54. The maximum absolute atomic E-state index is 12.2. The predicted molar refractivity (Wildman–Crippen MR) is 85.9 cm³/mol. The molecule has 1 aromatic rings. The normalized spacial score (nSPS) is 17.9. The molecule has 0 spiro atoms. The molecule has 1 atom stereocenters. The van der Waals surface area contributed by atoms with Crippen LogP contribution in [0, 0.1) is 5.92 Å². The topological polar surface area (TPSA) is 58.6 Å². The first kappa shape index (κ1) is 16.3. The van der Waals surface area contributed by atoms with E-state index in [0.29, 0.717) is 30.1 Å². The van der Waals surface area contributed by atoms with Gasteiger partial charge in [-0.15, -0.1) is 0 Å². The van der Waals surface area contributed by atoms with E-state index in [4.69, 9.17) is 4.74 Å². The van der Waals surface area contributed by atoms with Gasteiger partial charge < -0.3 is 15.0 Å². The van der Waals surface area contributed by atoms with Gasteiger partial charge in [-0.05, 0) is 30.9 Å². The summed E-state index contributed by atoms with van der Waals surface area (Å²) >= 11 is 0. The summed E-state index contributed by atoms with van der Waals surface area (Å²) in [4.78, 5) is 25.8. The number of nitrogens with zero attached hydrogens (tertiary/aromatic N) is 1. The Hall–Kier alpha value is -2.04. The first-order valence-electron chi connectivity index (χ1n) is 7.80. The molecule has 1 amide bonds. The van der Waals surface area contributed by atoms with Crippen LogP contribution in [0.1, 0.15) is 36.5 Å². The standard InChI is InChI=1S/C17H24N2O3/c1-13-6-5-11-19(12-13)16(20)9-10-18-15-8-4-3-7-14(15)17(21)22-2/h3-4,7-8,13,18H,5-6,9-12H2,1-2H3. The number of benzene rings is 1. The van der Waals surface area contributed by atoms with Crippen molar-refractivity contribution in [1.29, 1.82) is 0 Å². The minimum atomic E-state index is -0.376. The molecule has 1 heterocycles. The number of anilines is 1. The lowest BCUT2D eigenvalue weighted by atomic mass is 10.00. The summed E-state index contributed by atoms with van der Waals surface area (Å²) in [5.41, 5.74) is 1.19. The van der Waals surface area contributed by atoms with Crippen LogP contribution in [0.15, 0.2) is 24.3 Å². The SMILES string of the molecule is COC(=O)c1ccccc1NCCC(=O)N1CCCC(C)C1. The molecule has 5 nitrogen and oxygen atoms in total. The van der Waals surface area contributed by atoms with Gasteiger partial charge in [0.1, 0.15) is 0 Å². The monoisotopic (exact) mass is 304 g/mol. The maximum Gasteiger partial charge on any atom is 0.339 e. The lowest BCUT2D eigenvalue weighted by Gasteiger charge is -2.31. The van der Waals surface area contributed by atoms with Crippen molar-refractivity contribution < 1.29 is 14.3 Å². The minimum absolute atomic E-state index is 0.176. The van der Waals surface area contributed by atoms with Gasteiger partial charge in [-0.2, -0.15) is 0 Å². The van der Waals surface area contributed by atoms with Crippen LogP contribution in [-0.4, -0.2) is 43.5 Å². The van der Waals surface area contributed by atoms with E-state index in [1.165, 1.54) is 13.5 Å². The number of methoxy groups -OCH3 is 1. The molecular formula is C17H24N2O3. The number of esters is 1. The summed E-state index contributed by atoms with van der Waals surface area (Å²) in [6.45, 7) is 4.42. The van der Waals surface area contributed by atoms with Gasteiger partial charge in [0.2, 0.25) is 5.91 Å².